The number of aromatic nitrogens is 2. The van der Waals surface area contributed by atoms with Gasteiger partial charge in [-0.3, -0.25) is 0 Å². The average molecular weight is 509 g/mol. The minimum absolute atomic E-state index is 0.348. The van der Waals surface area contributed by atoms with Crippen LogP contribution in [-0.2, 0) is 12.8 Å². The van der Waals surface area contributed by atoms with Crippen molar-refractivity contribution in [3.05, 3.63) is 94.6 Å². The van der Waals surface area contributed by atoms with Gasteiger partial charge in [0.25, 0.3) is 0 Å². The Morgan fingerprint density at radius 2 is 1.76 bits per heavy atom. The Balaban J connectivity index is 1.16. The minimum atomic E-state index is 0.348. The molecule has 2 heterocycles. The van der Waals surface area contributed by atoms with Gasteiger partial charge in [-0.1, -0.05) is 54.6 Å². The number of nitrogens with one attached hydrogen (secondary N) is 1. The van der Waals surface area contributed by atoms with Crippen molar-refractivity contribution in [1.82, 2.24) is 14.9 Å². The van der Waals surface area contributed by atoms with Crippen LogP contribution >= 0.6 is 11.6 Å². The van der Waals surface area contributed by atoms with Crippen molar-refractivity contribution in [3.8, 4) is 11.1 Å². The summed E-state index contributed by atoms with van der Waals surface area (Å²) < 4.78 is 0. The molecule has 1 aliphatic carbocycles. The van der Waals surface area contributed by atoms with Crippen LogP contribution in [0.5, 0.6) is 0 Å². The van der Waals surface area contributed by atoms with Crippen molar-refractivity contribution in [2.75, 3.05) is 18.4 Å². The Hall–Kier alpha value is -3.37. The standard InChI is InChI=1S/C32H33ClN4/c1-21-30-20-25(29-9-5-7-24-6-3-4-8-28(24)29)12-15-31(30)36-32(34-21)35-27-16-18-37(19-17-27)22(2)23-10-13-26(33)14-11-23/h5,7,9-15,20,27H,2-4,6,8,16-19H2,1H3,(H,34,35,36). The lowest BCUT2D eigenvalue weighted by atomic mass is 9.86. The third-order valence-corrected chi connectivity index (χ3v) is 8.23. The van der Waals surface area contributed by atoms with Gasteiger partial charge in [0, 0.05) is 35.2 Å². The van der Waals surface area contributed by atoms with Gasteiger partial charge >= 0.3 is 0 Å². The van der Waals surface area contributed by atoms with Crippen LogP contribution in [0.4, 0.5) is 5.95 Å². The van der Waals surface area contributed by atoms with Gasteiger partial charge in [-0.15, -0.1) is 0 Å². The maximum absolute atomic E-state index is 6.04. The Morgan fingerprint density at radius 3 is 2.57 bits per heavy atom. The average Bonchev–Trinajstić information content (AvgIpc) is 2.93. The van der Waals surface area contributed by atoms with Gasteiger partial charge in [0.2, 0.25) is 5.95 Å². The highest BCUT2D eigenvalue weighted by Crippen LogP contribution is 2.34. The van der Waals surface area contributed by atoms with Crippen LogP contribution in [-0.4, -0.2) is 34.0 Å². The van der Waals surface area contributed by atoms with E-state index in [0.717, 1.165) is 64.8 Å². The summed E-state index contributed by atoms with van der Waals surface area (Å²) in [4.78, 5) is 12.1. The zero-order valence-electron chi connectivity index (χ0n) is 21.4. The topological polar surface area (TPSA) is 41.0 Å². The summed E-state index contributed by atoms with van der Waals surface area (Å²) in [5, 5.41) is 5.49. The molecule has 3 aromatic carbocycles. The van der Waals surface area contributed by atoms with Crippen LogP contribution in [0, 0.1) is 6.92 Å². The summed E-state index contributed by atoms with van der Waals surface area (Å²) >= 11 is 6.04. The minimum Gasteiger partial charge on any atom is -0.371 e. The van der Waals surface area contributed by atoms with Gasteiger partial charge in [0.05, 0.1) is 11.2 Å². The van der Waals surface area contributed by atoms with Crippen LogP contribution in [0.15, 0.2) is 67.2 Å². The van der Waals surface area contributed by atoms with Crippen molar-refractivity contribution in [2.24, 2.45) is 0 Å². The van der Waals surface area contributed by atoms with Crippen LogP contribution in [0.2, 0.25) is 5.02 Å². The van der Waals surface area contributed by atoms with Gasteiger partial charge in [-0.25, -0.2) is 9.97 Å². The zero-order valence-corrected chi connectivity index (χ0v) is 22.2. The molecule has 4 nitrogen and oxygen atoms in total. The number of piperidine rings is 1. The van der Waals surface area contributed by atoms with Crippen molar-refractivity contribution in [3.63, 3.8) is 0 Å². The molecule has 0 spiro atoms. The molecular formula is C32H33ClN4. The zero-order chi connectivity index (χ0) is 25.4. The second-order valence-electron chi connectivity index (χ2n) is 10.4. The van der Waals surface area contributed by atoms with Crippen LogP contribution in [0.25, 0.3) is 27.7 Å². The molecule has 0 saturated carbocycles. The highest BCUT2D eigenvalue weighted by atomic mass is 35.5. The monoisotopic (exact) mass is 508 g/mol. The van der Waals surface area contributed by atoms with Crippen molar-refractivity contribution < 1.29 is 0 Å². The molecule has 1 saturated heterocycles. The first kappa shape index (κ1) is 24.0. The molecule has 0 radical (unpaired) electrons. The quantitative estimate of drug-likeness (QED) is 0.300. The fraction of sp³-hybridized carbons (Fsp3) is 0.312. The van der Waals surface area contributed by atoms with Crippen molar-refractivity contribution in [2.45, 2.75) is 51.5 Å². The molecule has 2 aliphatic rings. The molecule has 1 aliphatic heterocycles. The molecule has 4 aromatic rings. The highest BCUT2D eigenvalue weighted by Gasteiger charge is 2.22. The highest BCUT2D eigenvalue weighted by molar-refractivity contribution is 6.30. The van der Waals surface area contributed by atoms with Gasteiger partial charge in [-0.2, -0.15) is 0 Å². The van der Waals surface area contributed by atoms with E-state index in [4.69, 9.17) is 21.6 Å². The first-order valence-corrected chi connectivity index (χ1v) is 13.8. The van der Waals surface area contributed by atoms with E-state index >= 15 is 0 Å². The number of likely N-dealkylation sites (tertiary alicyclic amines) is 1. The second-order valence-corrected chi connectivity index (χ2v) is 10.8. The van der Waals surface area contributed by atoms with E-state index in [-0.39, 0.29) is 0 Å². The lowest BCUT2D eigenvalue weighted by Gasteiger charge is -2.35. The molecular weight excluding hydrogens is 476 g/mol. The number of nitrogens with zero attached hydrogens (tertiary/aromatic N) is 3. The summed E-state index contributed by atoms with van der Waals surface area (Å²) in [5.41, 5.74) is 9.88. The summed E-state index contributed by atoms with van der Waals surface area (Å²) in [6, 6.07) is 21.7. The Kier molecular flexibility index (Phi) is 6.60. The molecule has 0 unspecified atom stereocenters. The Morgan fingerprint density at radius 1 is 0.973 bits per heavy atom. The predicted octanol–water partition coefficient (Wildman–Crippen LogP) is 7.68. The van der Waals surface area contributed by atoms with E-state index in [1.165, 1.54) is 47.9 Å². The lowest BCUT2D eigenvalue weighted by Crippen LogP contribution is -2.38. The maximum Gasteiger partial charge on any atom is 0.223 e. The summed E-state index contributed by atoms with van der Waals surface area (Å²) in [6.07, 6.45) is 6.99. The van der Waals surface area contributed by atoms with E-state index in [9.17, 15) is 0 Å². The van der Waals surface area contributed by atoms with Gasteiger partial charge in [-0.05, 0) is 97.5 Å². The van der Waals surface area contributed by atoms with Crippen LogP contribution in [0.1, 0.15) is 48.1 Å². The molecule has 1 N–H and O–H groups in total. The number of fused-ring (bicyclic) bond motifs is 2. The van der Waals surface area contributed by atoms with E-state index in [0.29, 0.717) is 6.04 Å². The van der Waals surface area contributed by atoms with Crippen LogP contribution in [0.3, 0.4) is 0 Å². The smallest absolute Gasteiger partial charge is 0.223 e. The normalized spacial score (nSPS) is 16.0. The van der Waals surface area contributed by atoms with E-state index in [2.05, 4.69) is 60.1 Å². The van der Waals surface area contributed by atoms with Crippen molar-refractivity contribution >= 4 is 34.1 Å². The molecule has 0 amide bonds. The number of hydrogen-bond donors (Lipinski definition) is 1. The first-order chi connectivity index (χ1) is 18.0. The molecule has 0 bridgehead atoms. The number of hydrogen-bond acceptors (Lipinski definition) is 4. The fourth-order valence-electron chi connectivity index (χ4n) is 5.87. The molecule has 6 rings (SSSR count). The predicted molar refractivity (Wildman–Crippen MR) is 155 cm³/mol. The second kappa shape index (κ2) is 10.2. The molecule has 1 aromatic heterocycles. The molecule has 188 valence electrons. The molecule has 5 heteroatoms. The third-order valence-electron chi connectivity index (χ3n) is 7.98. The number of benzene rings is 3. The van der Waals surface area contributed by atoms with E-state index < -0.39 is 0 Å². The largest absolute Gasteiger partial charge is 0.371 e. The number of halogens is 1. The number of rotatable bonds is 5. The van der Waals surface area contributed by atoms with E-state index in [1.54, 1.807) is 0 Å². The SMILES string of the molecule is C=C(c1ccc(Cl)cc1)N1CCC(Nc2nc(C)c3cc(-c4cccc5c4CCCC5)ccc3n2)CC1. The lowest BCUT2D eigenvalue weighted by molar-refractivity contribution is 0.309. The molecule has 0 atom stereocenters. The van der Waals surface area contributed by atoms with Crippen molar-refractivity contribution in [1.29, 1.82) is 0 Å². The summed E-state index contributed by atoms with van der Waals surface area (Å²) in [7, 11) is 0. The Labute approximate surface area is 224 Å². The molecule has 37 heavy (non-hydrogen) atoms. The third kappa shape index (κ3) is 4.95. The fourth-order valence-corrected chi connectivity index (χ4v) is 5.99. The van der Waals surface area contributed by atoms with Gasteiger partial charge in [0.1, 0.15) is 0 Å². The first-order valence-electron chi connectivity index (χ1n) is 13.4. The number of aryl methyl sites for hydroxylation is 2. The number of anilines is 1. The Bertz CT molecular complexity index is 1450. The van der Waals surface area contributed by atoms with Gasteiger partial charge < -0.3 is 10.2 Å². The summed E-state index contributed by atoms with van der Waals surface area (Å²) in [6.45, 7) is 8.33. The van der Waals surface area contributed by atoms with E-state index in [1.807, 2.05) is 24.3 Å². The summed E-state index contributed by atoms with van der Waals surface area (Å²) in [5.74, 6) is 0.727. The molecule has 1 fully saturated rings. The maximum atomic E-state index is 6.04. The van der Waals surface area contributed by atoms with Gasteiger partial charge in [0.15, 0.2) is 0 Å². The van der Waals surface area contributed by atoms with Crippen LogP contribution < -0.4 is 5.32 Å².